The molecule has 2 amide bonds. The van der Waals surface area contributed by atoms with Gasteiger partial charge >= 0.3 is 0 Å². The molecule has 0 unspecified atom stereocenters. The van der Waals surface area contributed by atoms with Crippen molar-refractivity contribution in [2.75, 3.05) is 0 Å². The van der Waals surface area contributed by atoms with Gasteiger partial charge in [-0.25, -0.2) is 0 Å². The zero-order valence-electron chi connectivity index (χ0n) is 16.3. The van der Waals surface area contributed by atoms with Crippen molar-refractivity contribution in [3.8, 4) is 0 Å². The fraction of sp³-hybridized carbons (Fsp3) is 0.429. The second kappa shape index (κ2) is 8.49. The number of benzene rings is 1. The maximum atomic E-state index is 12.8. The molecule has 0 aliphatic carbocycles. The van der Waals surface area contributed by atoms with E-state index in [9.17, 15) is 9.59 Å². The van der Waals surface area contributed by atoms with E-state index in [1.54, 1.807) is 23.5 Å². The molecule has 0 saturated carbocycles. The third-order valence-electron chi connectivity index (χ3n) is 4.45. The lowest BCUT2D eigenvalue weighted by Crippen LogP contribution is -2.50. The van der Waals surface area contributed by atoms with Crippen LogP contribution in [0.4, 0.5) is 0 Å². The summed E-state index contributed by atoms with van der Waals surface area (Å²) < 4.78 is 0. The Kier molecular flexibility index (Phi) is 6.59. The standard InChI is InChI=1S/C21H28N2O2S/c1-12(2)19(23-20(24)17-9-7-13(3)8-10-17)21(25)22-15(5)18-11-14(4)26-16(18)6/h7-12,15,19H,1-6H3,(H,22,25)(H,23,24)/t15-,19-/m1/s1. The van der Waals surface area contributed by atoms with Gasteiger partial charge in [-0.2, -0.15) is 0 Å². The van der Waals surface area contributed by atoms with Crippen molar-refractivity contribution in [2.45, 2.75) is 53.6 Å². The van der Waals surface area contributed by atoms with Crippen molar-refractivity contribution in [1.82, 2.24) is 10.6 Å². The van der Waals surface area contributed by atoms with Crippen LogP contribution < -0.4 is 10.6 Å². The van der Waals surface area contributed by atoms with E-state index >= 15 is 0 Å². The summed E-state index contributed by atoms with van der Waals surface area (Å²) in [6, 6.07) is 8.78. The van der Waals surface area contributed by atoms with Gasteiger partial charge in [-0.15, -0.1) is 11.3 Å². The molecule has 140 valence electrons. The molecule has 0 aliphatic heterocycles. The SMILES string of the molecule is Cc1ccc(C(=O)N[C@@H](C(=O)N[C@H](C)c2cc(C)sc2C)C(C)C)cc1. The lowest BCUT2D eigenvalue weighted by Gasteiger charge is -2.24. The highest BCUT2D eigenvalue weighted by Crippen LogP contribution is 2.26. The zero-order valence-corrected chi connectivity index (χ0v) is 17.2. The lowest BCUT2D eigenvalue weighted by atomic mass is 10.0. The monoisotopic (exact) mass is 372 g/mol. The number of carbonyl (C=O) groups is 2. The fourth-order valence-electron chi connectivity index (χ4n) is 2.93. The molecule has 0 bridgehead atoms. The third kappa shape index (κ3) is 4.94. The van der Waals surface area contributed by atoms with Crippen LogP contribution in [0.25, 0.3) is 0 Å². The normalized spacial score (nSPS) is 13.3. The predicted octanol–water partition coefficient (Wildman–Crippen LogP) is 4.31. The van der Waals surface area contributed by atoms with Gasteiger partial charge in [0, 0.05) is 15.3 Å². The van der Waals surface area contributed by atoms with Gasteiger partial charge in [0.2, 0.25) is 5.91 Å². The van der Waals surface area contributed by atoms with Crippen molar-refractivity contribution < 1.29 is 9.59 Å². The zero-order chi connectivity index (χ0) is 19.4. The van der Waals surface area contributed by atoms with Crippen molar-refractivity contribution in [3.63, 3.8) is 0 Å². The minimum absolute atomic E-state index is 0.0121. The number of thiophene rings is 1. The van der Waals surface area contributed by atoms with Gasteiger partial charge in [-0.1, -0.05) is 31.5 Å². The Bertz CT molecular complexity index is 778. The molecular weight excluding hydrogens is 344 g/mol. The summed E-state index contributed by atoms with van der Waals surface area (Å²) in [5.74, 6) is -0.396. The molecular formula is C21H28N2O2S. The highest BCUT2D eigenvalue weighted by molar-refractivity contribution is 7.12. The van der Waals surface area contributed by atoms with Gasteiger partial charge < -0.3 is 10.6 Å². The lowest BCUT2D eigenvalue weighted by molar-refractivity contribution is -0.124. The number of nitrogens with one attached hydrogen (secondary N) is 2. The molecule has 0 saturated heterocycles. The molecule has 1 aromatic heterocycles. The first-order chi connectivity index (χ1) is 12.2. The van der Waals surface area contributed by atoms with Crippen LogP contribution in [-0.2, 0) is 4.79 Å². The Hall–Kier alpha value is -2.14. The van der Waals surface area contributed by atoms with E-state index in [2.05, 4.69) is 30.5 Å². The number of amides is 2. The molecule has 0 fully saturated rings. The van der Waals surface area contributed by atoms with E-state index in [1.165, 1.54) is 9.75 Å². The Morgan fingerprint density at radius 3 is 2.08 bits per heavy atom. The molecule has 1 aromatic carbocycles. The first-order valence-corrected chi connectivity index (χ1v) is 9.75. The van der Waals surface area contributed by atoms with Crippen LogP contribution >= 0.6 is 11.3 Å². The first kappa shape index (κ1) is 20.2. The largest absolute Gasteiger partial charge is 0.348 e. The Labute approximate surface area is 160 Å². The summed E-state index contributed by atoms with van der Waals surface area (Å²) in [5, 5.41) is 5.93. The third-order valence-corrected chi connectivity index (χ3v) is 5.44. The van der Waals surface area contributed by atoms with Crippen LogP contribution in [-0.4, -0.2) is 17.9 Å². The summed E-state index contributed by atoms with van der Waals surface area (Å²) in [5.41, 5.74) is 2.79. The van der Waals surface area contributed by atoms with E-state index in [0.717, 1.165) is 11.1 Å². The Balaban J connectivity index is 2.08. The maximum absolute atomic E-state index is 12.8. The average molecular weight is 373 g/mol. The van der Waals surface area contributed by atoms with Crippen LogP contribution in [0.5, 0.6) is 0 Å². The number of hydrogen-bond donors (Lipinski definition) is 2. The van der Waals surface area contributed by atoms with Gasteiger partial charge in [0.15, 0.2) is 0 Å². The highest BCUT2D eigenvalue weighted by atomic mass is 32.1. The fourth-order valence-corrected chi connectivity index (χ4v) is 3.95. The van der Waals surface area contributed by atoms with Gasteiger partial charge in [-0.3, -0.25) is 9.59 Å². The molecule has 26 heavy (non-hydrogen) atoms. The minimum Gasteiger partial charge on any atom is -0.348 e. The average Bonchev–Trinajstić information content (AvgIpc) is 2.91. The minimum atomic E-state index is -0.578. The molecule has 4 nitrogen and oxygen atoms in total. The Morgan fingerprint density at radius 1 is 0.962 bits per heavy atom. The Morgan fingerprint density at radius 2 is 1.58 bits per heavy atom. The molecule has 0 radical (unpaired) electrons. The van der Waals surface area contributed by atoms with E-state index in [1.807, 2.05) is 39.8 Å². The van der Waals surface area contributed by atoms with E-state index < -0.39 is 6.04 Å². The summed E-state index contributed by atoms with van der Waals surface area (Å²) in [7, 11) is 0. The summed E-state index contributed by atoms with van der Waals surface area (Å²) in [4.78, 5) is 27.7. The summed E-state index contributed by atoms with van der Waals surface area (Å²) >= 11 is 1.73. The second-order valence-electron chi connectivity index (χ2n) is 7.16. The molecule has 2 atom stereocenters. The molecule has 0 aliphatic rings. The van der Waals surface area contributed by atoms with Gasteiger partial charge in [0.25, 0.3) is 5.91 Å². The summed E-state index contributed by atoms with van der Waals surface area (Å²) in [6.45, 7) is 11.9. The van der Waals surface area contributed by atoms with E-state index in [-0.39, 0.29) is 23.8 Å². The van der Waals surface area contributed by atoms with Crippen LogP contribution in [0.2, 0.25) is 0 Å². The van der Waals surface area contributed by atoms with Crippen molar-refractivity contribution in [2.24, 2.45) is 5.92 Å². The van der Waals surface area contributed by atoms with E-state index in [0.29, 0.717) is 5.56 Å². The molecule has 2 N–H and O–H groups in total. The second-order valence-corrected chi connectivity index (χ2v) is 8.62. The van der Waals surface area contributed by atoms with Gasteiger partial charge in [0.1, 0.15) is 6.04 Å². The summed E-state index contributed by atoms with van der Waals surface area (Å²) in [6.07, 6.45) is 0. The smallest absolute Gasteiger partial charge is 0.251 e. The van der Waals surface area contributed by atoms with Gasteiger partial charge in [0.05, 0.1) is 6.04 Å². The van der Waals surface area contributed by atoms with Crippen molar-refractivity contribution in [1.29, 1.82) is 0 Å². The van der Waals surface area contributed by atoms with Gasteiger partial charge in [-0.05, 0) is 57.4 Å². The molecule has 0 spiro atoms. The number of carbonyl (C=O) groups excluding carboxylic acids is 2. The maximum Gasteiger partial charge on any atom is 0.251 e. The number of aryl methyl sites for hydroxylation is 3. The first-order valence-electron chi connectivity index (χ1n) is 8.94. The number of rotatable bonds is 6. The van der Waals surface area contributed by atoms with Crippen molar-refractivity contribution in [3.05, 3.63) is 56.8 Å². The molecule has 2 rings (SSSR count). The molecule has 5 heteroatoms. The number of hydrogen-bond acceptors (Lipinski definition) is 3. The van der Waals surface area contributed by atoms with Crippen LogP contribution in [0, 0.1) is 26.7 Å². The van der Waals surface area contributed by atoms with Crippen LogP contribution in [0.1, 0.15) is 58.1 Å². The highest BCUT2D eigenvalue weighted by Gasteiger charge is 2.26. The van der Waals surface area contributed by atoms with Crippen LogP contribution in [0.15, 0.2) is 30.3 Å². The predicted molar refractivity (Wildman–Crippen MR) is 108 cm³/mol. The molecule has 1 heterocycles. The van der Waals surface area contributed by atoms with Crippen molar-refractivity contribution >= 4 is 23.2 Å². The molecule has 2 aromatic rings. The van der Waals surface area contributed by atoms with Crippen LogP contribution in [0.3, 0.4) is 0 Å². The quantitative estimate of drug-likeness (QED) is 0.794. The van der Waals surface area contributed by atoms with E-state index in [4.69, 9.17) is 0 Å². The topological polar surface area (TPSA) is 58.2 Å².